The smallest absolute Gasteiger partial charge is 0.244 e. The quantitative estimate of drug-likeness (QED) is 0.661. The molecule has 0 aromatic heterocycles. The van der Waals surface area contributed by atoms with Crippen LogP contribution < -0.4 is 14.4 Å². The summed E-state index contributed by atoms with van der Waals surface area (Å²) >= 11 is 9.60. The predicted octanol–water partition coefficient (Wildman–Crippen LogP) is 3.63. The van der Waals surface area contributed by atoms with Gasteiger partial charge in [-0.2, -0.15) is 4.31 Å². The Morgan fingerprint density at radius 2 is 1.59 bits per heavy atom. The summed E-state index contributed by atoms with van der Waals surface area (Å²) in [6, 6.07) is 10.7. The van der Waals surface area contributed by atoms with Crippen molar-refractivity contribution in [1.29, 1.82) is 0 Å². The van der Waals surface area contributed by atoms with E-state index in [0.29, 0.717) is 47.2 Å². The topological polar surface area (TPSA) is 59.1 Å². The van der Waals surface area contributed by atoms with E-state index in [0.717, 1.165) is 5.69 Å². The molecule has 0 saturated carbocycles. The fourth-order valence-electron chi connectivity index (χ4n) is 3.05. The largest absolute Gasteiger partial charge is 0.493 e. The van der Waals surface area contributed by atoms with E-state index in [4.69, 9.17) is 21.1 Å². The van der Waals surface area contributed by atoms with Crippen molar-refractivity contribution >= 4 is 43.2 Å². The zero-order valence-corrected chi connectivity index (χ0v) is 18.1. The molecular formula is C18H20BrClN2O4S. The van der Waals surface area contributed by atoms with Gasteiger partial charge < -0.3 is 14.4 Å². The molecule has 2 aromatic rings. The summed E-state index contributed by atoms with van der Waals surface area (Å²) in [6.07, 6.45) is 0. The van der Waals surface area contributed by atoms with Gasteiger partial charge in [0.05, 0.1) is 24.9 Å². The molecule has 1 heterocycles. The number of methoxy groups -OCH3 is 2. The fraction of sp³-hybridized carbons (Fsp3) is 0.333. The Hall–Kier alpha value is -1.48. The number of halogens is 2. The highest BCUT2D eigenvalue weighted by Gasteiger charge is 2.31. The Labute approximate surface area is 172 Å². The van der Waals surface area contributed by atoms with Crippen molar-refractivity contribution in [2.45, 2.75) is 4.90 Å². The molecule has 3 rings (SSSR count). The van der Waals surface area contributed by atoms with Crippen LogP contribution in [0.3, 0.4) is 0 Å². The molecule has 0 amide bonds. The lowest BCUT2D eigenvalue weighted by molar-refractivity contribution is 0.352. The van der Waals surface area contributed by atoms with Crippen molar-refractivity contribution in [3.05, 3.63) is 45.9 Å². The molecule has 0 N–H and O–H groups in total. The molecule has 2 aromatic carbocycles. The maximum Gasteiger partial charge on any atom is 0.244 e. The number of benzene rings is 2. The Balaban J connectivity index is 1.82. The van der Waals surface area contributed by atoms with Crippen LogP contribution >= 0.6 is 27.5 Å². The van der Waals surface area contributed by atoms with Crippen LogP contribution in [0.25, 0.3) is 0 Å². The summed E-state index contributed by atoms with van der Waals surface area (Å²) in [5, 5.41) is 0.663. The number of piperazine rings is 1. The zero-order valence-electron chi connectivity index (χ0n) is 15.0. The Bertz CT molecular complexity index is 931. The molecule has 0 radical (unpaired) electrons. The van der Waals surface area contributed by atoms with Gasteiger partial charge in [-0.25, -0.2) is 8.42 Å². The maximum atomic E-state index is 13.1. The average Bonchev–Trinajstić information content (AvgIpc) is 2.68. The maximum absolute atomic E-state index is 13.1. The van der Waals surface area contributed by atoms with Crippen LogP contribution in [0.2, 0.25) is 5.02 Å². The third kappa shape index (κ3) is 4.03. The van der Waals surface area contributed by atoms with Crippen LogP contribution in [-0.2, 0) is 10.0 Å². The minimum absolute atomic E-state index is 0.159. The second-order valence-corrected chi connectivity index (χ2v) is 9.15. The number of rotatable bonds is 5. The molecule has 6 nitrogen and oxygen atoms in total. The Morgan fingerprint density at radius 1 is 1.00 bits per heavy atom. The van der Waals surface area contributed by atoms with E-state index >= 15 is 0 Å². The van der Waals surface area contributed by atoms with Crippen LogP contribution in [0.4, 0.5) is 5.69 Å². The van der Waals surface area contributed by atoms with E-state index in [1.165, 1.54) is 24.6 Å². The first-order valence-corrected chi connectivity index (χ1v) is 10.9. The number of anilines is 1. The van der Waals surface area contributed by atoms with Gasteiger partial charge in [-0.15, -0.1) is 0 Å². The first-order chi connectivity index (χ1) is 12.9. The molecule has 0 spiro atoms. The van der Waals surface area contributed by atoms with Crippen LogP contribution in [0.5, 0.6) is 11.5 Å². The standard InChI is InChI=1S/C18H20BrClN2O4S/c1-25-16-11-13(19)18(12-17(16)26-2)27(23,24)22-9-7-21(8-10-22)15-6-4-3-5-14(15)20/h3-6,11-12H,7-10H2,1-2H3. The minimum atomic E-state index is -3.67. The third-order valence-corrected chi connectivity index (χ3v) is 7.66. The van der Waals surface area contributed by atoms with Crippen molar-refractivity contribution in [3.8, 4) is 11.5 Å². The molecule has 146 valence electrons. The van der Waals surface area contributed by atoms with Crippen LogP contribution in [0.15, 0.2) is 45.8 Å². The average molecular weight is 476 g/mol. The summed E-state index contributed by atoms with van der Waals surface area (Å²) in [5.74, 6) is 0.834. The van der Waals surface area contributed by atoms with Crippen molar-refractivity contribution in [2.24, 2.45) is 0 Å². The lowest BCUT2D eigenvalue weighted by atomic mass is 10.2. The van der Waals surface area contributed by atoms with E-state index < -0.39 is 10.0 Å². The van der Waals surface area contributed by atoms with Gasteiger partial charge in [0.1, 0.15) is 4.90 Å². The lowest BCUT2D eigenvalue weighted by Gasteiger charge is -2.36. The second-order valence-electron chi connectivity index (χ2n) is 5.98. The highest BCUT2D eigenvalue weighted by Crippen LogP contribution is 2.37. The van der Waals surface area contributed by atoms with Gasteiger partial charge >= 0.3 is 0 Å². The van der Waals surface area contributed by atoms with Gasteiger partial charge in [-0.3, -0.25) is 0 Å². The summed E-state index contributed by atoms with van der Waals surface area (Å²) in [5.41, 5.74) is 0.920. The van der Waals surface area contributed by atoms with E-state index in [2.05, 4.69) is 20.8 Å². The van der Waals surface area contributed by atoms with Crippen molar-refractivity contribution < 1.29 is 17.9 Å². The minimum Gasteiger partial charge on any atom is -0.493 e. The lowest BCUT2D eigenvalue weighted by Crippen LogP contribution is -2.48. The first kappa shape index (κ1) is 20.3. The zero-order chi connectivity index (χ0) is 19.6. The molecule has 27 heavy (non-hydrogen) atoms. The number of nitrogens with zero attached hydrogens (tertiary/aromatic N) is 2. The third-order valence-electron chi connectivity index (χ3n) is 4.49. The highest BCUT2D eigenvalue weighted by molar-refractivity contribution is 9.10. The van der Waals surface area contributed by atoms with Crippen molar-refractivity contribution in [1.82, 2.24) is 4.31 Å². The SMILES string of the molecule is COc1cc(Br)c(S(=O)(=O)N2CCN(c3ccccc3Cl)CC2)cc1OC. The summed E-state index contributed by atoms with van der Waals surface area (Å²) in [6.45, 7) is 1.87. The monoisotopic (exact) mass is 474 g/mol. The molecule has 9 heteroatoms. The number of ether oxygens (including phenoxy) is 2. The van der Waals surface area contributed by atoms with Gasteiger partial charge in [-0.1, -0.05) is 23.7 Å². The molecule has 1 aliphatic rings. The molecular weight excluding hydrogens is 456 g/mol. The molecule has 1 aliphatic heterocycles. The number of sulfonamides is 1. The number of hydrogen-bond acceptors (Lipinski definition) is 5. The van der Waals surface area contributed by atoms with E-state index in [1.54, 1.807) is 6.07 Å². The fourth-order valence-corrected chi connectivity index (χ4v) is 5.72. The van der Waals surface area contributed by atoms with Gasteiger partial charge in [0, 0.05) is 36.7 Å². The highest BCUT2D eigenvalue weighted by atomic mass is 79.9. The van der Waals surface area contributed by atoms with E-state index in [-0.39, 0.29) is 4.90 Å². The Morgan fingerprint density at radius 3 is 2.19 bits per heavy atom. The van der Waals surface area contributed by atoms with Gasteiger partial charge in [0.15, 0.2) is 11.5 Å². The summed E-state index contributed by atoms with van der Waals surface area (Å²) < 4.78 is 38.7. The first-order valence-electron chi connectivity index (χ1n) is 8.29. The van der Waals surface area contributed by atoms with Crippen LogP contribution in [-0.4, -0.2) is 53.1 Å². The van der Waals surface area contributed by atoms with Crippen molar-refractivity contribution in [3.63, 3.8) is 0 Å². The summed E-state index contributed by atoms with van der Waals surface area (Å²) in [4.78, 5) is 2.25. The van der Waals surface area contributed by atoms with Crippen LogP contribution in [0.1, 0.15) is 0 Å². The Kier molecular flexibility index (Phi) is 6.20. The number of para-hydroxylation sites is 1. The normalized spacial score (nSPS) is 15.6. The molecule has 0 aliphatic carbocycles. The molecule has 1 saturated heterocycles. The number of hydrogen-bond donors (Lipinski definition) is 0. The van der Waals surface area contributed by atoms with E-state index in [9.17, 15) is 8.42 Å². The molecule has 1 fully saturated rings. The predicted molar refractivity (Wildman–Crippen MR) is 110 cm³/mol. The van der Waals surface area contributed by atoms with Crippen molar-refractivity contribution in [2.75, 3.05) is 45.3 Å². The molecule has 0 atom stereocenters. The summed E-state index contributed by atoms with van der Waals surface area (Å²) in [7, 11) is -0.692. The van der Waals surface area contributed by atoms with Gasteiger partial charge in [0.25, 0.3) is 0 Å². The van der Waals surface area contributed by atoms with Crippen LogP contribution in [0, 0.1) is 0 Å². The molecule has 0 bridgehead atoms. The molecule has 0 unspecified atom stereocenters. The van der Waals surface area contributed by atoms with E-state index in [1.807, 2.05) is 24.3 Å². The van der Waals surface area contributed by atoms with Gasteiger partial charge in [-0.05, 0) is 34.1 Å². The second kappa shape index (κ2) is 8.26. The van der Waals surface area contributed by atoms with Gasteiger partial charge in [0.2, 0.25) is 10.0 Å².